The topological polar surface area (TPSA) is 139 Å². The molecule has 0 saturated carbocycles. The Kier molecular flexibility index (Phi) is 8.01. The molecule has 15 heteroatoms. The van der Waals surface area contributed by atoms with Crippen LogP contribution in [0, 0.1) is 28.1 Å². The maximum absolute atomic E-state index is 12.3. The van der Waals surface area contributed by atoms with Gasteiger partial charge in [0, 0.05) is 0 Å². The molecule has 0 aliphatic rings. The van der Waals surface area contributed by atoms with Crippen molar-refractivity contribution in [3.8, 4) is 23.6 Å². The van der Waals surface area contributed by atoms with Crippen molar-refractivity contribution in [2.45, 2.75) is 12.7 Å². The highest BCUT2D eigenvalue weighted by molar-refractivity contribution is 5.85. The average molecular weight is 483 g/mol. The Morgan fingerprint density at radius 1 is 0.794 bits per heavy atom. The van der Waals surface area contributed by atoms with Gasteiger partial charge >= 0.3 is 12.7 Å². The van der Waals surface area contributed by atoms with E-state index in [0.717, 1.165) is 36.7 Å². The van der Waals surface area contributed by atoms with Gasteiger partial charge in [-0.05, 0) is 47.5 Å². The van der Waals surface area contributed by atoms with Gasteiger partial charge in [-0.2, -0.15) is 20.7 Å². The Hall–Kier alpha value is -4.79. The van der Waals surface area contributed by atoms with E-state index < -0.39 is 30.2 Å². The molecule has 0 fully saturated rings. The fourth-order valence-corrected chi connectivity index (χ4v) is 2.23. The van der Waals surface area contributed by atoms with Gasteiger partial charge in [0.25, 0.3) is 0 Å². The van der Waals surface area contributed by atoms with Crippen molar-refractivity contribution in [3.05, 3.63) is 58.7 Å². The summed E-state index contributed by atoms with van der Waals surface area (Å²) in [4.78, 5) is 0. The van der Waals surface area contributed by atoms with Crippen LogP contribution in [-0.4, -0.2) is 31.1 Å². The van der Waals surface area contributed by atoms with Crippen molar-refractivity contribution in [1.82, 2.24) is 10.9 Å². The molecule has 0 aromatic heterocycles. The van der Waals surface area contributed by atoms with Crippen LogP contribution in [0.15, 0.2) is 46.6 Å². The normalized spacial score (nSPS) is 11.6. The van der Waals surface area contributed by atoms with Gasteiger partial charge in [0.2, 0.25) is 5.96 Å². The lowest BCUT2D eigenvalue weighted by Crippen LogP contribution is -2.29. The first-order valence-corrected chi connectivity index (χ1v) is 8.66. The minimum atomic E-state index is -4.96. The van der Waals surface area contributed by atoms with Crippen LogP contribution < -0.4 is 20.3 Å². The second kappa shape index (κ2) is 10.7. The van der Waals surface area contributed by atoms with E-state index in [1.165, 1.54) is 12.1 Å². The molecule has 2 rings (SSSR count). The van der Waals surface area contributed by atoms with Gasteiger partial charge in [-0.25, -0.2) is 10.9 Å². The summed E-state index contributed by atoms with van der Waals surface area (Å²) in [5.41, 5.74) is 4.07. The van der Waals surface area contributed by atoms with E-state index in [2.05, 4.69) is 30.5 Å². The average Bonchev–Trinajstić information content (AvgIpc) is 2.73. The number of nitrogens with zero attached hydrogens (tertiary/aromatic N) is 4. The number of alkyl halides is 6. The molecule has 0 unspecified atom stereocenters. The quantitative estimate of drug-likeness (QED) is 0.248. The summed E-state index contributed by atoms with van der Waals surface area (Å²) in [6, 6.07) is 9.54. The molecule has 2 aromatic rings. The molecular weight excluding hydrogens is 472 g/mol. The van der Waals surface area contributed by atoms with Gasteiger partial charge in [0.15, 0.2) is 0 Å². The van der Waals surface area contributed by atoms with E-state index in [-0.39, 0.29) is 22.3 Å². The second-order valence-corrected chi connectivity index (χ2v) is 5.95. The highest BCUT2D eigenvalue weighted by Crippen LogP contribution is 2.27. The summed E-state index contributed by atoms with van der Waals surface area (Å²) in [5.74, 6) is -1.81. The molecule has 0 bridgehead atoms. The highest BCUT2D eigenvalue weighted by atomic mass is 19.4. The van der Waals surface area contributed by atoms with Crippen molar-refractivity contribution in [2.75, 3.05) is 0 Å². The Bertz CT molecular complexity index is 1100. The number of guanidine groups is 1. The van der Waals surface area contributed by atoms with E-state index in [1.54, 1.807) is 12.1 Å². The maximum Gasteiger partial charge on any atom is 0.573 e. The van der Waals surface area contributed by atoms with E-state index in [0.29, 0.717) is 0 Å². The summed E-state index contributed by atoms with van der Waals surface area (Å²) in [5, 5.41) is 32.8. The van der Waals surface area contributed by atoms with Gasteiger partial charge in [-0.15, -0.1) is 26.3 Å². The van der Waals surface area contributed by atoms with Crippen molar-refractivity contribution in [3.63, 3.8) is 0 Å². The van der Waals surface area contributed by atoms with Crippen LogP contribution in [0.4, 0.5) is 26.3 Å². The van der Waals surface area contributed by atoms with E-state index in [9.17, 15) is 26.3 Å². The predicted octanol–water partition coefficient (Wildman–Crippen LogP) is 3.71. The van der Waals surface area contributed by atoms with E-state index in [1.807, 2.05) is 0 Å². The lowest BCUT2D eigenvalue weighted by molar-refractivity contribution is -0.275. The number of halogens is 6. The smallest absolute Gasteiger partial charge is 0.404 e. The van der Waals surface area contributed by atoms with Crippen LogP contribution in [0.1, 0.15) is 22.3 Å². The molecule has 34 heavy (non-hydrogen) atoms. The fourth-order valence-electron chi connectivity index (χ4n) is 2.23. The van der Waals surface area contributed by atoms with Crippen LogP contribution in [0.25, 0.3) is 0 Å². The zero-order chi connectivity index (χ0) is 25.4. The SMILES string of the molecule is N#Cc1cc(/C=N/NC(=N)N/N=C/c2ccc(OC(F)(F)F)c(C#N)c2)ccc1OC(F)(F)F. The standard InChI is InChI=1S/C19H11F6N7O2/c20-18(21,22)33-15-3-1-11(5-13(15)7-26)9-29-31-17(28)32-30-10-12-2-4-16(14(6-12)8-27)34-19(23,24)25/h1-6,9-10H,(H3,28,31,32)/b29-9+,30-10+. The molecule has 9 nitrogen and oxygen atoms in total. The molecule has 0 aliphatic heterocycles. The number of benzene rings is 2. The molecule has 2 aromatic carbocycles. The molecule has 0 saturated heterocycles. The lowest BCUT2D eigenvalue weighted by Gasteiger charge is -2.10. The number of rotatable bonds is 6. The molecule has 0 atom stereocenters. The second-order valence-electron chi connectivity index (χ2n) is 5.95. The maximum atomic E-state index is 12.3. The van der Waals surface area contributed by atoms with Gasteiger partial charge in [0.1, 0.15) is 23.6 Å². The molecule has 0 aliphatic carbocycles. The Balaban J connectivity index is 1.95. The molecule has 176 valence electrons. The van der Waals surface area contributed by atoms with Gasteiger partial charge < -0.3 is 9.47 Å². The molecule has 3 N–H and O–H groups in total. The molecule has 0 spiro atoms. The van der Waals surface area contributed by atoms with E-state index in [4.69, 9.17) is 15.9 Å². The van der Waals surface area contributed by atoms with Gasteiger partial charge in [-0.3, -0.25) is 5.41 Å². The first-order valence-electron chi connectivity index (χ1n) is 8.66. The summed E-state index contributed by atoms with van der Waals surface area (Å²) < 4.78 is 81.3. The first kappa shape index (κ1) is 25.5. The summed E-state index contributed by atoms with van der Waals surface area (Å²) in [6.45, 7) is 0. The lowest BCUT2D eigenvalue weighted by atomic mass is 10.1. The number of nitrogens with one attached hydrogen (secondary N) is 3. The zero-order valence-electron chi connectivity index (χ0n) is 16.5. The molecule has 0 radical (unpaired) electrons. The Morgan fingerprint density at radius 3 is 1.50 bits per heavy atom. The van der Waals surface area contributed by atoms with Crippen LogP contribution in [-0.2, 0) is 0 Å². The Morgan fingerprint density at radius 2 is 1.18 bits per heavy atom. The molecule has 0 amide bonds. The first-order chi connectivity index (χ1) is 15.9. The van der Waals surface area contributed by atoms with Crippen LogP contribution in [0.2, 0.25) is 0 Å². The summed E-state index contributed by atoms with van der Waals surface area (Å²) in [7, 11) is 0. The zero-order valence-corrected chi connectivity index (χ0v) is 16.5. The fraction of sp³-hybridized carbons (Fsp3) is 0.105. The van der Waals surface area contributed by atoms with Gasteiger partial charge in [0.05, 0.1) is 23.6 Å². The molecular formula is C19H11F6N7O2. The van der Waals surface area contributed by atoms with Crippen LogP contribution in [0.5, 0.6) is 11.5 Å². The highest BCUT2D eigenvalue weighted by Gasteiger charge is 2.33. The predicted molar refractivity (Wildman–Crippen MR) is 105 cm³/mol. The minimum Gasteiger partial charge on any atom is -0.404 e. The summed E-state index contributed by atoms with van der Waals surface area (Å²) in [6.07, 6.45) is -7.70. The van der Waals surface area contributed by atoms with Crippen molar-refractivity contribution in [2.24, 2.45) is 10.2 Å². The number of hydrogen-bond acceptors (Lipinski definition) is 7. The van der Waals surface area contributed by atoms with Crippen molar-refractivity contribution < 1.29 is 35.8 Å². The third-order valence-corrected chi connectivity index (χ3v) is 3.48. The monoisotopic (exact) mass is 483 g/mol. The van der Waals surface area contributed by atoms with Crippen molar-refractivity contribution in [1.29, 1.82) is 15.9 Å². The summed E-state index contributed by atoms with van der Waals surface area (Å²) >= 11 is 0. The largest absolute Gasteiger partial charge is 0.573 e. The van der Waals surface area contributed by atoms with E-state index >= 15 is 0 Å². The third kappa shape index (κ3) is 8.39. The third-order valence-electron chi connectivity index (χ3n) is 3.48. The van der Waals surface area contributed by atoms with Crippen molar-refractivity contribution >= 4 is 18.4 Å². The number of hydrazone groups is 2. The molecule has 0 heterocycles. The minimum absolute atomic E-state index is 0.222. The number of nitriles is 2. The van der Waals surface area contributed by atoms with Crippen LogP contribution >= 0.6 is 0 Å². The van der Waals surface area contributed by atoms with Crippen LogP contribution in [0.3, 0.4) is 0 Å². The Labute approximate surface area is 187 Å². The van der Waals surface area contributed by atoms with Gasteiger partial charge in [-0.1, -0.05) is 0 Å². The number of ether oxygens (including phenoxy) is 2. The number of hydrogen-bond donors (Lipinski definition) is 3.